The Hall–Kier alpha value is -0.840. The first kappa shape index (κ1) is 12.6. The largest absolute Gasteiger partial charge is 0.367 e. The number of H-pyrrole nitrogens is 1. The predicted octanol–water partition coefficient (Wildman–Crippen LogP) is 0.742. The zero-order chi connectivity index (χ0) is 11.9. The van der Waals surface area contributed by atoms with Gasteiger partial charge in [0.1, 0.15) is 0 Å². The van der Waals surface area contributed by atoms with E-state index in [4.69, 9.17) is 0 Å². The summed E-state index contributed by atoms with van der Waals surface area (Å²) in [5, 5.41) is 3.39. The fourth-order valence-electron chi connectivity index (χ4n) is 2.35. The highest BCUT2D eigenvalue weighted by Gasteiger charge is 2.09. The third-order valence-electron chi connectivity index (χ3n) is 3.34. The van der Waals surface area contributed by atoms with E-state index < -0.39 is 0 Å². The lowest BCUT2D eigenvalue weighted by atomic mass is 10.3. The Bertz CT molecular complexity index is 290. The van der Waals surface area contributed by atoms with E-state index in [0.29, 0.717) is 0 Å². The molecule has 0 aliphatic carbocycles. The molecule has 2 rings (SSSR count). The summed E-state index contributed by atoms with van der Waals surface area (Å²) in [6, 6.07) is 2.15. The maximum absolute atomic E-state index is 3.39. The standard InChI is InChI=1S/C13H24N4/c1-16(12-13-3-4-15-11-13)7-2-8-17-9-5-14-6-10-17/h3-4,11,14-15H,2,5-10,12H2,1H3. The molecule has 1 saturated heterocycles. The molecule has 1 aliphatic heterocycles. The number of hydrogen-bond acceptors (Lipinski definition) is 3. The van der Waals surface area contributed by atoms with Gasteiger partial charge in [-0.15, -0.1) is 0 Å². The van der Waals surface area contributed by atoms with Gasteiger partial charge in [-0.1, -0.05) is 0 Å². The van der Waals surface area contributed by atoms with Crippen molar-refractivity contribution in [2.75, 3.05) is 46.3 Å². The first-order chi connectivity index (χ1) is 8.34. The van der Waals surface area contributed by atoms with Crippen LogP contribution in [0.4, 0.5) is 0 Å². The number of nitrogens with one attached hydrogen (secondary N) is 2. The third kappa shape index (κ3) is 4.50. The second-order valence-corrected chi connectivity index (χ2v) is 4.90. The molecule has 17 heavy (non-hydrogen) atoms. The predicted molar refractivity (Wildman–Crippen MR) is 71.1 cm³/mol. The SMILES string of the molecule is CN(CCCN1CCNCC1)Cc1cc[nH]c1. The van der Waals surface area contributed by atoms with Crippen molar-refractivity contribution in [1.82, 2.24) is 20.1 Å². The normalized spacial score (nSPS) is 17.8. The summed E-state index contributed by atoms with van der Waals surface area (Å²) < 4.78 is 0. The lowest BCUT2D eigenvalue weighted by Gasteiger charge is -2.27. The van der Waals surface area contributed by atoms with Crippen LogP contribution in [0.1, 0.15) is 12.0 Å². The fraction of sp³-hybridized carbons (Fsp3) is 0.692. The summed E-state index contributed by atoms with van der Waals surface area (Å²) in [5.41, 5.74) is 1.37. The van der Waals surface area contributed by atoms with Crippen LogP contribution in [-0.4, -0.2) is 61.1 Å². The molecule has 0 radical (unpaired) electrons. The molecule has 0 bridgehead atoms. The Morgan fingerprint density at radius 1 is 1.35 bits per heavy atom. The van der Waals surface area contributed by atoms with E-state index in [-0.39, 0.29) is 0 Å². The Kier molecular flexibility index (Phi) is 5.04. The summed E-state index contributed by atoms with van der Waals surface area (Å²) in [6.45, 7) is 8.18. The number of hydrogen-bond donors (Lipinski definition) is 2. The number of rotatable bonds is 6. The van der Waals surface area contributed by atoms with Crippen LogP contribution in [0.3, 0.4) is 0 Å². The first-order valence-corrected chi connectivity index (χ1v) is 6.58. The Morgan fingerprint density at radius 2 is 2.18 bits per heavy atom. The molecule has 1 aromatic rings. The third-order valence-corrected chi connectivity index (χ3v) is 3.34. The molecule has 1 fully saturated rings. The van der Waals surface area contributed by atoms with Crippen LogP contribution in [0.2, 0.25) is 0 Å². The first-order valence-electron chi connectivity index (χ1n) is 6.58. The molecule has 1 aliphatic rings. The van der Waals surface area contributed by atoms with Crippen molar-refractivity contribution in [3.8, 4) is 0 Å². The summed E-state index contributed by atoms with van der Waals surface area (Å²) in [4.78, 5) is 8.05. The van der Waals surface area contributed by atoms with Crippen molar-refractivity contribution < 1.29 is 0 Å². The van der Waals surface area contributed by atoms with Crippen molar-refractivity contribution in [2.24, 2.45) is 0 Å². The minimum atomic E-state index is 1.05. The van der Waals surface area contributed by atoms with Gasteiger partial charge >= 0.3 is 0 Å². The van der Waals surface area contributed by atoms with Gasteiger partial charge in [0.15, 0.2) is 0 Å². The second kappa shape index (κ2) is 6.79. The number of aromatic amines is 1. The highest BCUT2D eigenvalue weighted by atomic mass is 15.2. The molecule has 0 unspecified atom stereocenters. The molecule has 0 atom stereocenters. The van der Waals surface area contributed by atoms with Crippen LogP contribution >= 0.6 is 0 Å². The van der Waals surface area contributed by atoms with Gasteiger partial charge in [-0.2, -0.15) is 0 Å². The summed E-state index contributed by atoms with van der Waals surface area (Å²) in [7, 11) is 2.20. The van der Waals surface area contributed by atoms with Crippen molar-refractivity contribution in [3.63, 3.8) is 0 Å². The van der Waals surface area contributed by atoms with Gasteiger partial charge in [0.25, 0.3) is 0 Å². The topological polar surface area (TPSA) is 34.3 Å². The van der Waals surface area contributed by atoms with Gasteiger partial charge in [0.05, 0.1) is 0 Å². The number of nitrogens with zero attached hydrogens (tertiary/aromatic N) is 2. The van der Waals surface area contributed by atoms with Crippen LogP contribution in [0, 0.1) is 0 Å². The van der Waals surface area contributed by atoms with Crippen LogP contribution in [0.5, 0.6) is 0 Å². The van der Waals surface area contributed by atoms with E-state index in [0.717, 1.165) is 19.6 Å². The molecular formula is C13H24N4. The average Bonchev–Trinajstić information content (AvgIpc) is 2.83. The molecule has 96 valence electrons. The van der Waals surface area contributed by atoms with Crippen LogP contribution in [0.15, 0.2) is 18.5 Å². The lowest BCUT2D eigenvalue weighted by molar-refractivity contribution is 0.220. The van der Waals surface area contributed by atoms with Gasteiger partial charge in [0.2, 0.25) is 0 Å². The second-order valence-electron chi connectivity index (χ2n) is 4.90. The van der Waals surface area contributed by atoms with Gasteiger partial charge in [-0.05, 0) is 38.2 Å². The monoisotopic (exact) mass is 236 g/mol. The number of aromatic nitrogens is 1. The zero-order valence-corrected chi connectivity index (χ0v) is 10.8. The van der Waals surface area contributed by atoms with E-state index in [1.54, 1.807) is 0 Å². The van der Waals surface area contributed by atoms with Crippen molar-refractivity contribution in [2.45, 2.75) is 13.0 Å². The van der Waals surface area contributed by atoms with Gasteiger partial charge in [-0.25, -0.2) is 0 Å². The molecule has 0 saturated carbocycles. The maximum atomic E-state index is 3.39. The molecule has 1 aromatic heterocycles. The molecule has 0 amide bonds. The molecule has 2 N–H and O–H groups in total. The van der Waals surface area contributed by atoms with Gasteiger partial charge in [-0.3, -0.25) is 0 Å². The van der Waals surface area contributed by atoms with Crippen molar-refractivity contribution in [3.05, 3.63) is 24.0 Å². The van der Waals surface area contributed by atoms with Crippen LogP contribution in [-0.2, 0) is 6.54 Å². The maximum Gasteiger partial charge on any atom is 0.0245 e. The molecule has 0 spiro atoms. The molecule has 0 aromatic carbocycles. The van der Waals surface area contributed by atoms with Crippen molar-refractivity contribution >= 4 is 0 Å². The highest BCUT2D eigenvalue weighted by molar-refractivity contribution is 5.07. The zero-order valence-electron chi connectivity index (χ0n) is 10.8. The summed E-state index contributed by atoms with van der Waals surface area (Å²) in [5.74, 6) is 0. The minimum absolute atomic E-state index is 1.05. The molecule has 2 heterocycles. The smallest absolute Gasteiger partial charge is 0.0245 e. The number of piperazine rings is 1. The molecular weight excluding hydrogens is 212 g/mol. The van der Waals surface area contributed by atoms with E-state index >= 15 is 0 Å². The van der Waals surface area contributed by atoms with E-state index in [1.807, 2.05) is 6.20 Å². The van der Waals surface area contributed by atoms with E-state index in [1.165, 1.54) is 38.2 Å². The molecule has 4 nitrogen and oxygen atoms in total. The lowest BCUT2D eigenvalue weighted by Crippen LogP contribution is -2.44. The highest BCUT2D eigenvalue weighted by Crippen LogP contribution is 2.02. The van der Waals surface area contributed by atoms with Crippen molar-refractivity contribution in [1.29, 1.82) is 0 Å². The quantitative estimate of drug-likeness (QED) is 0.764. The Morgan fingerprint density at radius 3 is 2.88 bits per heavy atom. The van der Waals surface area contributed by atoms with E-state index in [2.05, 4.69) is 39.4 Å². The summed E-state index contributed by atoms with van der Waals surface area (Å²) in [6.07, 6.45) is 5.33. The minimum Gasteiger partial charge on any atom is -0.367 e. The fourth-order valence-corrected chi connectivity index (χ4v) is 2.35. The van der Waals surface area contributed by atoms with Crippen LogP contribution < -0.4 is 5.32 Å². The Labute approximate surface area is 104 Å². The molecule has 4 heteroatoms. The van der Waals surface area contributed by atoms with Gasteiger partial charge in [0, 0.05) is 45.1 Å². The van der Waals surface area contributed by atoms with Crippen LogP contribution in [0.25, 0.3) is 0 Å². The summed E-state index contributed by atoms with van der Waals surface area (Å²) >= 11 is 0. The van der Waals surface area contributed by atoms with E-state index in [9.17, 15) is 0 Å². The average molecular weight is 236 g/mol. The van der Waals surface area contributed by atoms with Gasteiger partial charge < -0.3 is 20.1 Å². The Balaban J connectivity index is 1.58.